The molecule has 0 spiro atoms. The Bertz CT molecular complexity index is 404. The standard InChI is InChI=1S/C17H28BrNO/c1-5-19-12-11-17(3,4)10-9-14-13-15(18)7-8-16(14)20-6-2/h7-8,13,19H,5-6,9-12H2,1-4H3. The lowest BCUT2D eigenvalue weighted by atomic mass is 9.83. The van der Waals surface area contributed by atoms with Crippen molar-refractivity contribution in [3.63, 3.8) is 0 Å². The number of benzene rings is 1. The van der Waals surface area contributed by atoms with Crippen LogP contribution in [0.5, 0.6) is 5.75 Å². The van der Waals surface area contributed by atoms with Crippen LogP contribution in [0, 0.1) is 5.41 Å². The van der Waals surface area contributed by atoms with Crippen LogP contribution >= 0.6 is 15.9 Å². The van der Waals surface area contributed by atoms with Crippen molar-refractivity contribution in [2.24, 2.45) is 5.41 Å². The molecule has 0 heterocycles. The summed E-state index contributed by atoms with van der Waals surface area (Å²) >= 11 is 3.55. The van der Waals surface area contributed by atoms with Crippen molar-refractivity contribution in [1.82, 2.24) is 5.32 Å². The molecule has 0 amide bonds. The number of halogens is 1. The third-order valence-electron chi connectivity index (χ3n) is 3.62. The molecule has 0 aliphatic heterocycles. The smallest absolute Gasteiger partial charge is 0.122 e. The fourth-order valence-corrected chi connectivity index (χ4v) is 2.65. The van der Waals surface area contributed by atoms with E-state index in [2.05, 4.69) is 54.2 Å². The van der Waals surface area contributed by atoms with E-state index in [1.54, 1.807) is 0 Å². The molecule has 0 unspecified atom stereocenters. The molecule has 1 N–H and O–H groups in total. The van der Waals surface area contributed by atoms with Crippen LogP contribution in [0.15, 0.2) is 22.7 Å². The predicted octanol–water partition coefficient (Wildman–Crippen LogP) is 4.81. The van der Waals surface area contributed by atoms with E-state index < -0.39 is 0 Å². The minimum Gasteiger partial charge on any atom is -0.494 e. The van der Waals surface area contributed by atoms with E-state index in [-0.39, 0.29) is 0 Å². The van der Waals surface area contributed by atoms with Gasteiger partial charge in [0.15, 0.2) is 0 Å². The Kier molecular flexibility index (Phi) is 7.60. The Morgan fingerprint density at radius 3 is 2.60 bits per heavy atom. The second-order valence-electron chi connectivity index (χ2n) is 5.95. The van der Waals surface area contributed by atoms with Crippen LogP contribution in [0.1, 0.15) is 46.1 Å². The third kappa shape index (κ3) is 6.27. The Morgan fingerprint density at radius 2 is 1.95 bits per heavy atom. The maximum Gasteiger partial charge on any atom is 0.122 e. The molecule has 1 aromatic carbocycles. The summed E-state index contributed by atoms with van der Waals surface area (Å²) in [6.45, 7) is 11.8. The average molecular weight is 342 g/mol. The summed E-state index contributed by atoms with van der Waals surface area (Å²) in [6.07, 6.45) is 3.45. The fourth-order valence-electron chi connectivity index (χ4n) is 2.24. The van der Waals surface area contributed by atoms with Crippen LogP contribution < -0.4 is 10.1 Å². The molecule has 3 heteroatoms. The normalized spacial score (nSPS) is 11.7. The summed E-state index contributed by atoms with van der Waals surface area (Å²) in [7, 11) is 0. The van der Waals surface area contributed by atoms with Crippen molar-refractivity contribution in [3.8, 4) is 5.75 Å². The molecule has 0 atom stereocenters. The van der Waals surface area contributed by atoms with Crippen molar-refractivity contribution in [3.05, 3.63) is 28.2 Å². The van der Waals surface area contributed by atoms with Gasteiger partial charge in [0.05, 0.1) is 6.61 Å². The largest absolute Gasteiger partial charge is 0.494 e. The number of rotatable bonds is 9. The van der Waals surface area contributed by atoms with Crippen molar-refractivity contribution in [1.29, 1.82) is 0 Å². The van der Waals surface area contributed by atoms with E-state index in [1.165, 1.54) is 18.4 Å². The Labute approximate surface area is 132 Å². The molecule has 1 rings (SSSR count). The second kappa shape index (κ2) is 8.68. The first kappa shape index (κ1) is 17.5. The lowest BCUT2D eigenvalue weighted by molar-refractivity contribution is 0.297. The monoisotopic (exact) mass is 341 g/mol. The molecule has 1 aromatic rings. The zero-order chi connectivity index (χ0) is 15.0. The van der Waals surface area contributed by atoms with Crippen molar-refractivity contribution in [2.75, 3.05) is 19.7 Å². The first-order valence-electron chi connectivity index (χ1n) is 7.60. The Balaban J connectivity index is 2.61. The maximum absolute atomic E-state index is 5.72. The number of hydrogen-bond donors (Lipinski definition) is 1. The highest BCUT2D eigenvalue weighted by molar-refractivity contribution is 9.10. The minimum absolute atomic E-state index is 0.355. The van der Waals surface area contributed by atoms with Gasteiger partial charge in [0.25, 0.3) is 0 Å². The van der Waals surface area contributed by atoms with Gasteiger partial charge in [-0.1, -0.05) is 36.7 Å². The lowest BCUT2D eigenvalue weighted by Gasteiger charge is -2.25. The summed E-state index contributed by atoms with van der Waals surface area (Å²) in [5, 5.41) is 3.41. The van der Waals surface area contributed by atoms with Crippen LogP contribution in [0.2, 0.25) is 0 Å². The molecule has 0 fully saturated rings. The van der Waals surface area contributed by atoms with Crippen LogP contribution in [0.3, 0.4) is 0 Å². The highest BCUT2D eigenvalue weighted by atomic mass is 79.9. The quantitative estimate of drug-likeness (QED) is 0.651. The van der Waals surface area contributed by atoms with E-state index >= 15 is 0 Å². The molecular formula is C17H28BrNO. The Morgan fingerprint density at radius 1 is 1.20 bits per heavy atom. The van der Waals surface area contributed by atoms with E-state index in [1.807, 2.05) is 13.0 Å². The van der Waals surface area contributed by atoms with E-state index in [9.17, 15) is 0 Å². The van der Waals surface area contributed by atoms with Gasteiger partial charge >= 0.3 is 0 Å². The minimum atomic E-state index is 0.355. The highest BCUT2D eigenvalue weighted by Crippen LogP contribution is 2.30. The topological polar surface area (TPSA) is 21.3 Å². The van der Waals surface area contributed by atoms with E-state index in [0.29, 0.717) is 5.41 Å². The summed E-state index contributed by atoms with van der Waals surface area (Å²) in [4.78, 5) is 0. The zero-order valence-electron chi connectivity index (χ0n) is 13.3. The third-order valence-corrected chi connectivity index (χ3v) is 4.12. The summed E-state index contributed by atoms with van der Waals surface area (Å²) < 4.78 is 6.85. The van der Waals surface area contributed by atoms with Crippen LogP contribution in [0.4, 0.5) is 0 Å². The molecule has 0 aromatic heterocycles. The SMILES string of the molecule is CCNCCC(C)(C)CCc1cc(Br)ccc1OCC. The molecule has 0 bridgehead atoms. The molecular weight excluding hydrogens is 314 g/mol. The van der Waals surface area contributed by atoms with E-state index in [4.69, 9.17) is 4.74 Å². The summed E-state index contributed by atoms with van der Waals surface area (Å²) in [5.74, 6) is 1.03. The highest BCUT2D eigenvalue weighted by Gasteiger charge is 2.18. The van der Waals surface area contributed by atoms with Gasteiger partial charge in [0.1, 0.15) is 5.75 Å². The van der Waals surface area contributed by atoms with Gasteiger partial charge in [-0.05, 0) is 68.5 Å². The molecule has 0 saturated carbocycles. The van der Waals surface area contributed by atoms with Gasteiger partial charge in [-0.25, -0.2) is 0 Å². The molecule has 2 nitrogen and oxygen atoms in total. The van der Waals surface area contributed by atoms with Gasteiger partial charge in [0.2, 0.25) is 0 Å². The average Bonchev–Trinajstić information content (AvgIpc) is 2.39. The molecule has 0 radical (unpaired) electrons. The molecule has 0 aliphatic carbocycles. The fraction of sp³-hybridized carbons (Fsp3) is 0.647. The number of ether oxygens (including phenoxy) is 1. The lowest BCUT2D eigenvalue weighted by Crippen LogP contribution is -2.22. The van der Waals surface area contributed by atoms with Gasteiger partial charge in [-0.3, -0.25) is 0 Å². The number of nitrogens with one attached hydrogen (secondary N) is 1. The number of aryl methyl sites for hydroxylation is 1. The first-order chi connectivity index (χ1) is 9.48. The maximum atomic E-state index is 5.72. The van der Waals surface area contributed by atoms with Crippen molar-refractivity contribution in [2.45, 2.75) is 47.0 Å². The van der Waals surface area contributed by atoms with E-state index in [0.717, 1.165) is 36.3 Å². The van der Waals surface area contributed by atoms with Gasteiger partial charge in [-0.2, -0.15) is 0 Å². The summed E-state index contributed by atoms with van der Waals surface area (Å²) in [6, 6.07) is 6.30. The zero-order valence-corrected chi connectivity index (χ0v) is 14.8. The van der Waals surface area contributed by atoms with Crippen LogP contribution in [-0.2, 0) is 6.42 Å². The second-order valence-corrected chi connectivity index (χ2v) is 6.87. The van der Waals surface area contributed by atoms with Crippen LogP contribution in [-0.4, -0.2) is 19.7 Å². The van der Waals surface area contributed by atoms with Crippen molar-refractivity contribution < 1.29 is 4.74 Å². The molecule has 0 aliphatic rings. The summed E-state index contributed by atoms with van der Waals surface area (Å²) in [5.41, 5.74) is 1.66. The van der Waals surface area contributed by atoms with Crippen LogP contribution in [0.25, 0.3) is 0 Å². The van der Waals surface area contributed by atoms with Crippen molar-refractivity contribution >= 4 is 15.9 Å². The van der Waals surface area contributed by atoms with Gasteiger partial charge in [0, 0.05) is 4.47 Å². The first-order valence-corrected chi connectivity index (χ1v) is 8.39. The van der Waals surface area contributed by atoms with Gasteiger partial charge < -0.3 is 10.1 Å². The molecule has 114 valence electrons. The van der Waals surface area contributed by atoms with Gasteiger partial charge in [-0.15, -0.1) is 0 Å². The molecule has 20 heavy (non-hydrogen) atoms. The number of hydrogen-bond acceptors (Lipinski definition) is 2. The Hall–Kier alpha value is -0.540. The predicted molar refractivity (Wildman–Crippen MR) is 90.6 cm³/mol. The molecule has 0 saturated heterocycles.